The van der Waals surface area contributed by atoms with Crippen LogP contribution in [0.25, 0.3) is 22.5 Å². The van der Waals surface area contributed by atoms with Crippen molar-refractivity contribution < 1.29 is 17.9 Å². The number of halogens is 3. The normalized spacial score (nSPS) is 19.7. The zero-order valence-electron chi connectivity index (χ0n) is 20.4. The summed E-state index contributed by atoms with van der Waals surface area (Å²) in [6, 6.07) is 8.68. The standard InChI is InChI=1S/C27H27F3N6O/c1-2-26(10-4-3-5-11-26)33-25-31-12-9-22(32-25)21-18-23(36-13-15-37-16-14-36)34-35-24(21)19-7-6-8-20(17-19)27(28,29)30/h3-10,12,17-18H,2,11,13-16H2,1H3,(H,31,32,33)/t26-/m1/s1. The molecule has 0 amide bonds. The summed E-state index contributed by atoms with van der Waals surface area (Å²) in [4.78, 5) is 11.2. The van der Waals surface area contributed by atoms with Crippen molar-refractivity contribution in [3.8, 4) is 22.5 Å². The predicted octanol–water partition coefficient (Wildman–Crippen LogP) is 5.53. The fourth-order valence-corrected chi connectivity index (χ4v) is 4.48. The minimum Gasteiger partial charge on any atom is -0.378 e. The molecule has 3 aromatic rings. The molecule has 1 aromatic carbocycles. The van der Waals surface area contributed by atoms with E-state index in [4.69, 9.17) is 9.72 Å². The molecule has 0 radical (unpaired) electrons. The first-order chi connectivity index (χ1) is 17.9. The summed E-state index contributed by atoms with van der Waals surface area (Å²) in [5, 5.41) is 12.2. The maximum Gasteiger partial charge on any atom is 0.416 e. The van der Waals surface area contributed by atoms with Gasteiger partial charge < -0.3 is 15.0 Å². The van der Waals surface area contributed by atoms with Crippen molar-refractivity contribution >= 4 is 11.8 Å². The van der Waals surface area contributed by atoms with Crippen molar-refractivity contribution in [2.75, 3.05) is 36.5 Å². The van der Waals surface area contributed by atoms with Gasteiger partial charge in [0.05, 0.1) is 30.0 Å². The molecular weight excluding hydrogens is 481 g/mol. The van der Waals surface area contributed by atoms with Gasteiger partial charge in [0.15, 0.2) is 5.82 Å². The molecule has 3 heterocycles. The second-order valence-corrected chi connectivity index (χ2v) is 9.03. The van der Waals surface area contributed by atoms with E-state index in [1.54, 1.807) is 18.3 Å². The fourth-order valence-electron chi connectivity index (χ4n) is 4.48. The molecule has 0 unspecified atom stereocenters. The Labute approximate surface area is 213 Å². The molecular formula is C27H27F3N6O. The minimum atomic E-state index is -4.47. The van der Waals surface area contributed by atoms with E-state index in [2.05, 4.69) is 39.6 Å². The average molecular weight is 509 g/mol. The molecule has 192 valence electrons. The van der Waals surface area contributed by atoms with E-state index >= 15 is 0 Å². The van der Waals surface area contributed by atoms with E-state index in [0.29, 0.717) is 60.6 Å². The third-order valence-corrected chi connectivity index (χ3v) is 6.65. The maximum atomic E-state index is 13.5. The third kappa shape index (κ3) is 5.48. The number of rotatable bonds is 6. The Morgan fingerprint density at radius 1 is 1.08 bits per heavy atom. The number of anilines is 2. The molecule has 1 N–H and O–H groups in total. The molecule has 5 rings (SSSR count). The van der Waals surface area contributed by atoms with E-state index in [9.17, 15) is 13.2 Å². The Kier molecular flexibility index (Phi) is 6.92. The lowest BCUT2D eigenvalue weighted by molar-refractivity contribution is -0.137. The van der Waals surface area contributed by atoms with Crippen LogP contribution in [0.3, 0.4) is 0 Å². The van der Waals surface area contributed by atoms with Gasteiger partial charge in [-0.05, 0) is 37.1 Å². The second kappa shape index (κ2) is 10.3. The summed E-state index contributed by atoms with van der Waals surface area (Å²) >= 11 is 0. The SMILES string of the molecule is CC[C@@]1(Nc2nccc(-c3cc(N4CCOCC4)nnc3-c3cccc(C(F)(F)F)c3)n2)C=CC=CC1. The van der Waals surface area contributed by atoms with Crippen molar-refractivity contribution in [1.29, 1.82) is 0 Å². The van der Waals surface area contributed by atoms with Crippen LogP contribution in [0.4, 0.5) is 24.9 Å². The van der Waals surface area contributed by atoms with Crippen LogP contribution in [0.2, 0.25) is 0 Å². The van der Waals surface area contributed by atoms with E-state index in [1.165, 1.54) is 6.07 Å². The van der Waals surface area contributed by atoms with Crippen molar-refractivity contribution in [3.63, 3.8) is 0 Å². The molecule has 1 fully saturated rings. The number of alkyl halides is 3. The lowest BCUT2D eigenvalue weighted by Crippen LogP contribution is -2.37. The van der Waals surface area contributed by atoms with E-state index in [0.717, 1.165) is 25.0 Å². The van der Waals surface area contributed by atoms with Crippen LogP contribution in [0.15, 0.2) is 66.9 Å². The van der Waals surface area contributed by atoms with Gasteiger partial charge in [0, 0.05) is 30.4 Å². The quantitative estimate of drug-likeness (QED) is 0.469. The van der Waals surface area contributed by atoms with Gasteiger partial charge in [-0.15, -0.1) is 10.2 Å². The van der Waals surface area contributed by atoms with Crippen molar-refractivity contribution in [1.82, 2.24) is 20.2 Å². The highest BCUT2D eigenvalue weighted by atomic mass is 19.4. The van der Waals surface area contributed by atoms with Crippen molar-refractivity contribution in [2.24, 2.45) is 0 Å². The lowest BCUT2D eigenvalue weighted by Gasteiger charge is -2.31. The number of aromatic nitrogens is 4. The Balaban J connectivity index is 1.58. The highest BCUT2D eigenvalue weighted by Crippen LogP contribution is 2.36. The van der Waals surface area contributed by atoms with Crippen LogP contribution in [-0.2, 0) is 10.9 Å². The zero-order valence-corrected chi connectivity index (χ0v) is 20.4. The molecule has 1 aliphatic heterocycles. The Morgan fingerprint density at radius 3 is 2.65 bits per heavy atom. The summed E-state index contributed by atoms with van der Waals surface area (Å²) < 4.78 is 45.8. The van der Waals surface area contributed by atoms with Crippen LogP contribution in [0, 0.1) is 0 Å². The number of nitrogens with one attached hydrogen (secondary N) is 1. The topological polar surface area (TPSA) is 76.1 Å². The number of allylic oxidation sites excluding steroid dienone is 2. The number of benzene rings is 1. The van der Waals surface area contributed by atoms with Crippen LogP contribution >= 0.6 is 0 Å². The monoisotopic (exact) mass is 508 g/mol. The van der Waals surface area contributed by atoms with Crippen LogP contribution < -0.4 is 10.2 Å². The fraction of sp³-hybridized carbons (Fsp3) is 0.333. The lowest BCUT2D eigenvalue weighted by atomic mass is 9.89. The zero-order chi connectivity index (χ0) is 25.9. The van der Waals surface area contributed by atoms with Gasteiger partial charge in [-0.25, -0.2) is 9.97 Å². The van der Waals surface area contributed by atoms with Crippen molar-refractivity contribution in [2.45, 2.75) is 31.5 Å². The molecule has 37 heavy (non-hydrogen) atoms. The smallest absolute Gasteiger partial charge is 0.378 e. The van der Waals surface area contributed by atoms with Gasteiger partial charge in [0.1, 0.15) is 5.69 Å². The van der Waals surface area contributed by atoms with Gasteiger partial charge in [-0.1, -0.05) is 43.4 Å². The minimum absolute atomic E-state index is 0.310. The van der Waals surface area contributed by atoms with Gasteiger partial charge >= 0.3 is 6.18 Å². The first kappa shape index (κ1) is 24.9. The molecule has 2 aromatic heterocycles. The first-order valence-electron chi connectivity index (χ1n) is 12.2. The molecule has 1 saturated heterocycles. The van der Waals surface area contributed by atoms with Gasteiger partial charge in [-0.2, -0.15) is 13.2 Å². The molecule has 0 spiro atoms. The summed E-state index contributed by atoms with van der Waals surface area (Å²) in [6.07, 6.45) is 6.98. The first-order valence-corrected chi connectivity index (χ1v) is 12.2. The summed E-state index contributed by atoms with van der Waals surface area (Å²) in [7, 11) is 0. The van der Waals surface area contributed by atoms with Crippen LogP contribution in [0.1, 0.15) is 25.3 Å². The van der Waals surface area contributed by atoms with E-state index in [-0.39, 0.29) is 5.54 Å². The highest BCUT2D eigenvalue weighted by molar-refractivity contribution is 5.81. The number of ether oxygens (including phenoxy) is 1. The van der Waals surface area contributed by atoms with Gasteiger partial charge in [0.25, 0.3) is 0 Å². The predicted molar refractivity (Wildman–Crippen MR) is 136 cm³/mol. The van der Waals surface area contributed by atoms with E-state index in [1.807, 2.05) is 23.1 Å². The maximum absolute atomic E-state index is 13.5. The van der Waals surface area contributed by atoms with Crippen LogP contribution in [-0.4, -0.2) is 52.0 Å². The largest absolute Gasteiger partial charge is 0.416 e. The number of nitrogens with zero attached hydrogens (tertiary/aromatic N) is 5. The summed E-state index contributed by atoms with van der Waals surface area (Å²) in [5.74, 6) is 1.05. The molecule has 0 saturated carbocycles. The number of morpholine rings is 1. The number of hydrogen-bond acceptors (Lipinski definition) is 7. The third-order valence-electron chi connectivity index (χ3n) is 6.65. The molecule has 7 nitrogen and oxygen atoms in total. The van der Waals surface area contributed by atoms with E-state index < -0.39 is 11.7 Å². The van der Waals surface area contributed by atoms with Crippen LogP contribution in [0.5, 0.6) is 0 Å². The summed E-state index contributed by atoms with van der Waals surface area (Å²) in [5.41, 5.74) is 0.680. The van der Waals surface area contributed by atoms with Gasteiger partial charge in [0.2, 0.25) is 5.95 Å². The summed E-state index contributed by atoms with van der Waals surface area (Å²) in [6.45, 7) is 4.51. The Morgan fingerprint density at radius 2 is 1.92 bits per heavy atom. The highest BCUT2D eigenvalue weighted by Gasteiger charge is 2.31. The molecule has 10 heteroatoms. The molecule has 1 atom stereocenters. The second-order valence-electron chi connectivity index (χ2n) is 9.03. The Bertz CT molecular complexity index is 1320. The molecule has 1 aliphatic carbocycles. The Hall–Kier alpha value is -3.79. The molecule has 0 bridgehead atoms. The number of hydrogen-bond donors (Lipinski definition) is 1. The van der Waals surface area contributed by atoms with Crippen molar-refractivity contribution in [3.05, 3.63) is 72.5 Å². The average Bonchev–Trinajstić information content (AvgIpc) is 2.93. The molecule has 2 aliphatic rings. The van der Waals surface area contributed by atoms with Gasteiger partial charge in [-0.3, -0.25) is 0 Å².